The molecule has 8 nitrogen and oxygen atoms in total. The molecule has 29 heavy (non-hydrogen) atoms. The van der Waals surface area contributed by atoms with Crippen molar-refractivity contribution in [3.63, 3.8) is 0 Å². The summed E-state index contributed by atoms with van der Waals surface area (Å²) >= 11 is 0. The molecule has 0 aliphatic rings. The Hall–Kier alpha value is -3.81. The molecule has 3 rings (SSSR count). The maximum Gasteiger partial charge on any atom is 0.335 e. The Kier molecular flexibility index (Phi) is 5.54. The lowest BCUT2D eigenvalue weighted by molar-refractivity contribution is -0.141. The van der Waals surface area contributed by atoms with E-state index in [9.17, 15) is 19.5 Å². The van der Waals surface area contributed by atoms with E-state index in [0.717, 1.165) is 6.07 Å². The minimum Gasteiger partial charge on any atom is -0.502 e. The predicted molar refractivity (Wildman–Crippen MR) is 101 cm³/mol. The van der Waals surface area contributed by atoms with Crippen molar-refractivity contribution in [2.45, 2.75) is 19.3 Å². The number of hydrogen-bond donors (Lipinski definition) is 2. The highest BCUT2D eigenvalue weighted by atomic mass is 16.5. The molecule has 0 spiro atoms. The fourth-order valence-corrected chi connectivity index (χ4v) is 2.91. The summed E-state index contributed by atoms with van der Waals surface area (Å²) in [6.45, 7) is 1.55. The van der Waals surface area contributed by atoms with Gasteiger partial charge < -0.3 is 23.8 Å². The van der Waals surface area contributed by atoms with Crippen molar-refractivity contribution in [3.05, 3.63) is 75.5 Å². The number of ether oxygens (including phenoxy) is 1. The number of carbonyl (C=O) groups excluding carboxylic acids is 1. The van der Waals surface area contributed by atoms with Crippen molar-refractivity contribution in [2.24, 2.45) is 0 Å². The number of methoxy groups -OCH3 is 1. The van der Waals surface area contributed by atoms with Crippen LogP contribution in [0.25, 0.3) is 11.3 Å². The van der Waals surface area contributed by atoms with Gasteiger partial charge in [0.15, 0.2) is 5.76 Å². The van der Waals surface area contributed by atoms with E-state index in [1.807, 2.05) is 0 Å². The lowest BCUT2D eigenvalue weighted by Crippen LogP contribution is -2.13. The molecule has 0 aliphatic carbocycles. The van der Waals surface area contributed by atoms with Crippen LogP contribution in [0.2, 0.25) is 0 Å². The third-order valence-corrected chi connectivity index (χ3v) is 4.37. The molecular formula is C21H18O8. The number of carboxylic acid groups (broad SMARTS) is 1. The van der Waals surface area contributed by atoms with E-state index >= 15 is 0 Å². The van der Waals surface area contributed by atoms with Gasteiger partial charge in [-0.25, -0.2) is 4.79 Å². The molecule has 0 saturated heterocycles. The minimum absolute atomic E-state index is 0.0949. The summed E-state index contributed by atoms with van der Waals surface area (Å²) in [4.78, 5) is 34.9. The van der Waals surface area contributed by atoms with Gasteiger partial charge in [-0.1, -0.05) is 12.1 Å². The first kappa shape index (κ1) is 19.9. The average molecular weight is 398 g/mol. The lowest BCUT2D eigenvalue weighted by Gasteiger charge is -2.14. The molecule has 1 aromatic carbocycles. The second-order valence-electron chi connectivity index (χ2n) is 6.35. The van der Waals surface area contributed by atoms with Crippen molar-refractivity contribution in [2.75, 3.05) is 7.11 Å². The number of furan rings is 1. The Balaban J connectivity index is 2.03. The molecule has 2 N–H and O–H groups in total. The van der Waals surface area contributed by atoms with Crippen molar-refractivity contribution in [1.82, 2.24) is 0 Å². The van der Waals surface area contributed by atoms with Gasteiger partial charge in [0.05, 0.1) is 25.0 Å². The molecule has 0 bridgehead atoms. The maximum absolute atomic E-state index is 12.0. The van der Waals surface area contributed by atoms with Crippen molar-refractivity contribution >= 4 is 11.9 Å². The largest absolute Gasteiger partial charge is 0.502 e. The number of rotatable bonds is 6. The highest BCUT2D eigenvalue weighted by Gasteiger charge is 2.29. The molecule has 0 fully saturated rings. The zero-order valence-corrected chi connectivity index (χ0v) is 15.7. The van der Waals surface area contributed by atoms with Crippen LogP contribution in [-0.4, -0.2) is 29.3 Å². The second-order valence-corrected chi connectivity index (χ2v) is 6.35. The third kappa shape index (κ3) is 4.21. The van der Waals surface area contributed by atoms with Gasteiger partial charge in [0.25, 0.3) is 0 Å². The second kappa shape index (κ2) is 8.05. The van der Waals surface area contributed by atoms with Crippen LogP contribution in [0.1, 0.15) is 40.0 Å². The number of aromatic hydroxyl groups is 1. The summed E-state index contributed by atoms with van der Waals surface area (Å²) in [6, 6.07) is 10.4. The van der Waals surface area contributed by atoms with E-state index < -0.39 is 29.0 Å². The van der Waals surface area contributed by atoms with Gasteiger partial charge in [-0.3, -0.25) is 9.59 Å². The summed E-state index contributed by atoms with van der Waals surface area (Å²) < 4.78 is 16.1. The van der Waals surface area contributed by atoms with Crippen LogP contribution in [0.3, 0.4) is 0 Å². The van der Waals surface area contributed by atoms with Gasteiger partial charge >= 0.3 is 11.9 Å². The number of aryl methyl sites for hydroxylation is 1. The van der Waals surface area contributed by atoms with Gasteiger partial charge in [-0.2, -0.15) is 0 Å². The van der Waals surface area contributed by atoms with Gasteiger partial charge in [-0.15, -0.1) is 0 Å². The van der Waals surface area contributed by atoms with E-state index in [4.69, 9.17) is 18.7 Å². The van der Waals surface area contributed by atoms with Crippen LogP contribution in [0.15, 0.2) is 56.1 Å². The molecule has 0 radical (unpaired) electrons. The SMILES string of the molecule is COC(=O)C[C@H](c1ccc(-c2ccc(C(=O)O)cc2)o1)c1oc(C)cc(=O)c1O. The molecule has 150 valence electrons. The number of hydrogen-bond acceptors (Lipinski definition) is 7. The molecule has 0 unspecified atom stereocenters. The van der Waals surface area contributed by atoms with E-state index in [0.29, 0.717) is 11.3 Å². The molecule has 0 saturated carbocycles. The Morgan fingerprint density at radius 1 is 1.10 bits per heavy atom. The zero-order chi connectivity index (χ0) is 21.1. The van der Waals surface area contributed by atoms with E-state index in [1.54, 1.807) is 31.2 Å². The van der Waals surface area contributed by atoms with Crippen LogP contribution in [-0.2, 0) is 9.53 Å². The highest BCUT2D eigenvalue weighted by molar-refractivity contribution is 5.88. The molecular weight excluding hydrogens is 380 g/mol. The number of esters is 1. The zero-order valence-electron chi connectivity index (χ0n) is 15.7. The van der Waals surface area contributed by atoms with Gasteiger partial charge in [-0.05, 0) is 31.2 Å². The fourth-order valence-electron chi connectivity index (χ4n) is 2.91. The van der Waals surface area contributed by atoms with Crippen molar-refractivity contribution in [3.8, 4) is 17.1 Å². The van der Waals surface area contributed by atoms with Gasteiger partial charge in [0.2, 0.25) is 11.2 Å². The lowest BCUT2D eigenvalue weighted by atomic mass is 9.98. The quantitative estimate of drug-likeness (QED) is 0.606. The van der Waals surface area contributed by atoms with Crippen LogP contribution < -0.4 is 5.43 Å². The summed E-state index contributed by atoms with van der Waals surface area (Å²) in [5.74, 6) is -2.24. The fraction of sp³-hybridized carbons (Fsp3) is 0.190. The van der Waals surface area contributed by atoms with Crippen LogP contribution in [0.5, 0.6) is 5.75 Å². The monoisotopic (exact) mass is 398 g/mol. The standard InChI is InChI=1S/C21H18O8/c1-11-9-15(22)19(24)20(28-11)14(10-18(23)27-2)17-8-7-16(29-17)12-3-5-13(6-4-12)21(25)26/h3-9,14,24H,10H2,1-2H3,(H,25,26)/t14-/m1/s1. The van der Waals surface area contributed by atoms with Crippen LogP contribution >= 0.6 is 0 Å². The Morgan fingerprint density at radius 2 is 1.79 bits per heavy atom. The molecule has 8 heteroatoms. The summed E-state index contributed by atoms with van der Waals surface area (Å²) in [5.41, 5.74) is 0.123. The van der Waals surface area contributed by atoms with E-state index in [1.165, 1.54) is 19.2 Å². The summed E-state index contributed by atoms with van der Waals surface area (Å²) in [7, 11) is 1.23. The number of carboxylic acids is 1. The van der Waals surface area contributed by atoms with Crippen LogP contribution in [0, 0.1) is 6.92 Å². The summed E-state index contributed by atoms with van der Waals surface area (Å²) in [6.07, 6.45) is -0.221. The normalized spacial score (nSPS) is 11.8. The highest BCUT2D eigenvalue weighted by Crippen LogP contribution is 2.36. The van der Waals surface area contributed by atoms with E-state index in [-0.39, 0.29) is 29.3 Å². The topological polar surface area (TPSA) is 127 Å². The Morgan fingerprint density at radius 3 is 2.41 bits per heavy atom. The van der Waals surface area contributed by atoms with Crippen molar-refractivity contribution < 1.29 is 33.4 Å². The Labute approximate surface area is 165 Å². The Bertz CT molecular complexity index is 1100. The minimum atomic E-state index is -1.04. The van der Waals surface area contributed by atoms with Crippen molar-refractivity contribution in [1.29, 1.82) is 0 Å². The maximum atomic E-state index is 12.0. The first-order valence-electron chi connectivity index (χ1n) is 8.64. The smallest absolute Gasteiger partial charge is 0.335 e. The molecule has 2 heterocycles. The van der Waals surface area contributed by atoms with Crippen LogP contribution in [0.4, 0.5) is 0 Å². The first-order valence-corrected chi connectivity index (χ1v) is 8.64. The third-order valence-electron chi connectivity index (χ3n) is 4.37. The molecule has 0 amide bonds. The molecule has 1 atom stereocenters. The van der Waals surface area contributed by atoms with Gasteiger partial charge in [0, 0.05) is 11.6 Å². The average Bonchev–Trinajstić information content (AvgIpc) is 3.18. The molecule has 3 aromatic rings. The molecule has 2 aromatic heterocycles. The first-order chi connectivity index (χ1) is 13.8. The number of carbonyl (C=O) groups is 2. The van der Waals surface area contributed by atoms with E-state index in [2.05, 4.69) is 0 Å². The number of aromatic carboxylic acids is 1. The summed E-state index contributed by atoms with van der Waals surface area (Å²) in [5, 5.41) is 19.2. The predicted octanol–water partition coefficient (Wildman–Crippen LogP) is 3.31. The number of benzene rings is 1. The van der Waals surface area contributed by atoms with Gasteiger partial charge in [0.1, 0.15) is 17.3 Å². The molecule has 0 aliphatic heterocycles.